The van der Waals surface area contributed by atoms with Crippen LogP contribution in [0.5, 0.6) is 0 Å². The second kappa shape index (κ2) is 7.24. The van der Waals surface area contributed by atoms with Gasteiger partial charge in [-0.25, -0.2) is 13.1 Å². The number of likely N-dealkylation sites (N-methyl/N-ethyl adjacent to an activating group) is 1. The van der Waals surface area contributed by atoms with E-state index in [1.54, 1.807) is 12.1 Å². The van der Waals surface area contributed by atoms with Crippen LogP contribution >= 0.6 is 0 Å². The van der Waals surface area contributed by atoms with Crippen molar-refractivity contribution >= 4 is 10.0 Å². The molecule has 0 aromatic heterocycles. The minimum Gasteiger partial charge on any atom is -0.303 e. The molecule has 0 aliphatic carbocycles. The van der Waals surface area contributed by atoms with Crippen LogP contribution in [0.1, 0.15) is 19.4 Å². The van der Waals surface area contributed by atoms with Crippen LogP contribution in [0.15, 0.2) is 29.2 Å². The Morgan fingerprint density at radius 1 is 1.26 bits per heavy atom. The lowest BCUT2D eigenvalue weighted by Gasteiger charge is -2.18. The number of hydrogen-bond donors (Lipinski definition) is 1. The van der Waals surface area contributed by atoms with Gasteiger partial charge in [-0.1, -0.05) is 26.0 Å². The molecule has 0 aliphatic rings. The Morgan fingerprint density at radius 3 is 2.47 bits per heavy atom. The van der Waals surface area contributed by atoms with Gasteiger partial charge in [0.15, 0.2) is 0 Å². The van der Waals surface area contributed by atoms with E-state index in [9.17, 15) is 8.42 Å². The monoisotopic (exact) mass is 281 g/mol. The highest BCUT2D eigenvalue weighted by molar-refractivity contribution is 7.89. The van der Waals surface area contributed by atoms with Crippen molar-refractivity contribution < 1.29 is 8.42 Å². The van der Waals surface area contributed by atoms with Crippen LogP contribution in [0.3, 0.4) is 0 Å². The second-order valence-electron chi connectivity index (χ2n) is 4.03. The Kier molecular flexibility index (Phi) is 5.96. The van der Waals surface area contributed by atoms with Gasteiger partial charge in [0.1, 0.15) is 6.07 Å². The summed E-state index contributed by atoms with van der Waals surface area (Å²) in [5, 5.41) is 8.92. The average molecular weight is 281 g/mol. The minimum absolute atomic E-state index is 0.0389. The summed E-state index contributed by atoms with van der Waals surface area (Å²) in [6.45, 7) is 6.82. The minimum atomic E-state index is -3.61. The molecule has 0 amide bonds. The van der Waals surface area contributed by atoms with Gasteiger partial charge in [0, 0.05) is 13.1 Å². The van der Waals surface area contributed by atoms with Gasteiger partial charge in [-0.05, 0) is 25.2 Å². The van der Waals surface area contributed by atoms with Crippen molar-refractivity contribution in [1.82, 2.24) is 9.62 Å². The van der Waals surface area contributed by atoms with Gasteiger partial charge < -0.3 is 4.90 Å². The zero-order chi connectivity index (χ0) is 14.3. The lowest BCUT2D eigenvalue weighted by Crippen LogP contribution is -2.35. The summed E-state index contributed by atoms with van der Waals surface area (Å²) in [7, 11) is -3.61. The van der Waals surface area contributed by atoms with Crippen molar-refractivity contribution in [3.05, 3.63) is 29.8 Å². The highest BCUT2D eigenvalue weighted by Crippen LogP contribution is 2.13. The number of benzene rings is 1. The summed E-state index contributed by atoms with van der Waals surface area (Å²) in [4.78, 5) is 2.16. The number of hydrogen-bond acceptors (Lipinski definition) is 4. The van der Waals surface area contributed by atoms with E-state index in [4.69, 9.17) is 5.26 Å². The van der Waals surface area contributed by atoms with Crippen LogP contribution < -0.4 is 4.72 Å². The normalized spacial score (nSPS) is 11.5. The highest BCUT2D eigenvalue weighted by Gasteiger charge is 2.17. The molecule has 1 rings (SSSR count). The lowest BCUT2D eigenvalue weighted by atomic mass is 10.2. The SMILES string of the molecule is CCN(CC)CCNS(=O)(=O)c1ccccc1C#N. The first-order valence-electron chi connectivity index (χ1n) is 6.26. The molecule has 0 heterocycles. The van der Waals surface area contributed by atoms with E-state index in [0.717, 1.165) is 13.1 Å². The molecule has 0 saturated carbocycles. The lowest BCUT2D eigenvalue weighted by molar-refractivity contribution is 0.309. The summed E-state index contributed by atoms with van der Waals surface area (Å²) < 4.78 is 26.7. The smallest absolute Gasteiger partial charge is 0.241 e. The zero-order valence-electron chi connectivity index (χ0n) is 11.3. The van der Waals surface area contributed by atoms with Gasteiger partial charge in [-0.3, -0.25) is 0 Å². The van der Waals surface area contributed by atoms with E-state index in [1.807, 2.05) is 19.9 Å². The van der Waals surface area contributed by atoms with E-state index < -0.39 is 10.0 Å². The summed E-state index contributed by atoms with van der Waals surface area (Å²) in [6.07, 6.45) is 0. The standard InChI is InChI=1S/C13H19N3O2S/c1-3-16(4-2)10-9-15-19(17,18)13-8-6-5-7-12(13)11-14/h5-8,15H,3-4,9-10H2,1-2H3. The Labute approximate surface area is 114 Å². The predicted octanol–water partition coefficient (Wildman–Crippen LogP) is 1.18. The third kappa shape index (κ3) is 4.31. The molecule has 104 valence electrons. The molecule has 0 fully saturated rings. The molecule has 6 heteroatoms. The summed E-state index contributed by atoms with van der Waals surface area (Å²) in [6, 6.07) is 8.09. The fourth-order valence-corrected chi connectivity index (χ4v) is 2.93. The van der Waals surface area contributed by atoms with Crippen molar-refractivity contribution in [3.8, 4) is 6.07 Å². The Morgan fingerprint density at radius 2 is 1.89 bits per heavy atom. The van der Waals surface area contributed by atoms with Gasteiger partial charge in [0.05, 0.1) is 10.5 Å². The number of nitriles is 1. The highest BCUT2D eigenvalue weighted by atomic mass is 32.2. The maximum absolute atomic E-state index is 12.1. The third-order valence-electron chi connectivity index (χ3n) is 2.91. The molecule has 19 heavy (non-hydrogen) atoms. The van der Waals surface area contributed by atoms with Gasteiger partial charge in [-0.15, -0.1) is 0 Å². The van der Waals surface area contributed by atoms with E-state index >= 15 is 0 Å². The molecule has 0 saturated heterocycles. The molecular weight excluding hydrogens is 262 g/mol. The molecule has 1 aromatic rings. The van der Waals surface area contributed by atoms with E-state index in [2.05, 4.69) is 9.62 Å². The van der Waals surface area contributed by atoms with Crippen LogP contribution in [0, 0.1) is 11.3 Å². The molecule has 0 atom stereocenters. The van der Waals surface area contributed by atoms with Crippen LogP contribution in [-0.4, -0.2) is 39.5 Å². The van der Waals surface area contributed by atoms with Crippen molar-refractivity contribution in [2.45, 2.75) is 18.7 Å². The fourth-order valence-electron chi connectivity index (χ4n) is 1.75. The number of nitrogens with one attached hydrogen (secondary N) is 1. The van der Waals surface area contributed by atoms with Gasteiger partial charge in [-0.2, -0.15) is 5.26 Å². The summed E-state index contributed by atoms with van der Waals surface area (Å²) >= 11 is 0. The Hall–Kier alpha value is -1.42. The number of rotatable bonds is 7. The maximum Gasteiger partial charge on any atom is 0.241 e. The largest absolute Gasteiger partial charge is 0.303 e. The van der Waals surface area contributed by atoms with Crippen molar-refractivity contribution in [2.24, 2.45) is 0 Å². The number of nitrogens with zero attached hydrogens (tertiary/aromatic N) is 2. The Balaban J connectivity index is 2.74. The van der Waals surface area contributed by atoms with E-state index in [-0.39, 0.29) is 10.5 Å². The van der Waals surface area contributed by atoms with Crippen molar-refractivity contribution in [2.75, 3.05) is 26.2 Å². The molecule has 1 aromatic carbocycles. The second-order valence-corrected chi connectivity index (χ2v) is 5.77. The quantitative estimate of drug-likeness (QED) is 0.814. The fraction of sp³-hybridized carbons (Fsp3) is 0.462. The first-order chi connectivity index (χ1) is 9.05. The van der Waals surface area contributed by atoms with Gasteiger partial charge >= 0.3 is 0 Å². The third-order valence-corrected chi connectivity index (χ3v) is 4.43. The first kappa shape index (κ1) is 15.6. The summed E-state index contributed by atoms with van der Waals surface area (Å²) in [5.41, 5.74) is 0.165. The van der Waals surface area contributed by atoms with Crippen LogP contribution in [-0.2, 0) is 10.0 Å². The molecule has 0 radical (unpaired) electrons. The molecule has 0 bridgehead atoms. The topological polar surface area (TPSA) is 73.2 Å². The van der Waals surface area contributed by atoms with Crippen LogP contribution in [0.4, 0.5) is 0 Å². The summed E-state index contributed by atoms with van der Waals surface area (Å²) in [5.74, 6) is 0. The number of sulfonamides is 1. The van der Waals surface area contributed by atoms with E-state index in [1.165, 1.54) is 12.1 Å². The van der Waals surface area contributed by atoms with Crippen molar-refractivity contribution in [3.63, 3.8) is 0 Å². The van der Waals surface area contributed by atoms with Crippen LogP contribution in [0.2, 0.25) is 0 Å². The van der Waals surface area contributed by atoms with Crippen molar-refractivity contribution in [1.29, 1.82) is 5.26 Å². The molecule has 0 unspecified atom stereocenters. The van der Waals surface area contributed by atoms with E-state index in [0.29, 0.717) is 13.1 Å². The zero-order valence-corrected chi connectivity index (χ0v) is 12.1. The molecule has 1 N–H and O–H groups in total. The molecule has 5 nitrogen and oxygen atoms in total. The molecule has 0 aliphatic heterocycles. The molecule has 0 spiro atoms. The van der Waals surface area contributed by atoms with Gasteiger partial charge in [0.25, 0.3) is 0 Å². The Bertz CT molecular complexity index is 545. The maximum atomic E-state index is 12.1. The first-order valence-corrected chi connectivity index (χ1v) is 7.74. The van der Waals surface area contributed by atoms with Crippen LogP contribution in [0.25, 0.3) is 0 Å². The molecular formula is C13H19N3O2S. The predicted molar refractivity (Wildman–Crippen MR) is 74.1 cm³/mol. The average Bonchev–Trinajstić information content (AvgIpc) is 2.43. The van der Waals surface area contributed by atoms with Gasteiger partial charge in [0.2, 0.25) is 10.0 Å².